The van der Waals surface area contributed by atoms with Gasteiger partial charge in [-0.15, -0.1) is 0 Å². The standard InChI is InChI=1S/C24H37N7O7S/c1-39-11-9-16(23(37)38)29-22(36)18(13-19(32)33)31-21(35)17(12-14-6-3-2-4-7-14)30-20(34)15(25)8-5-10-28-24(26)27/h2-4,6-7,15-18H,5,8-13,25H2,1H3,(H,29,36)(H,30,34)(H,31,35)(H,32,33)(H,37,38)(H4,26,27,28). The predicted molar refractivity (Wildman–Crippen MR) is 147 cm³/mol. The van der Waals surface area contributed by atoms with Crippen molar-refractivity contribution < 1.29 is 34.2 Å². The zero-order valence-electron chi connectivity index (χ0n) is 21.7. The summed E-state index contributed by atoms with van der Waals surface area (Å²) < 4.78 is 0. The van der Waals surface area contributed by atoms with E-state index in [-0.39, 0.29) is 31.8 Å². The van der Waals surface area contributed by atoms with Gasteiger partial charge in [0.15, 0.2) is 5.96 Å². The van der Waals surface area contributed by atoms with Gasteiger partial charge in [0.05, 0.1) is 12.5 Å². The van der Waals surface area contributed by atoms with Gasteiger partial charge in [0.2, 0.25) is 17.7 Å². The van der Waals surface area contributed by atoms with Gasteiger partial charge in [-0.3, -0.25) is 24.2 Å². The summed E-state index contributed by atoms with van der Waals surface area (Å²) in [5, 5.41) is 25.9. The van der Waals surface area contributed by atoms with Gasteiger partial charge in [-0.2, -0.15) is 11.8 Å². The Morgan fingerprint density at radius 2 is 1.49 bits per heavy atom. The number of amides is 3. The van der Waals surface area contributed by atoms with Crippen molar-refractivity contribution in [2.24, 2.45) is 22.2 Å². The molecular formula is C24H37N7O7S. The fourth-order valence-corrected chi connectivity index (χ4v) is 3.88. The van der Waals surface area contributed by atoms with Crippen LogP contribution in [0.25, 0.3) is 0 Å². The summed E-state index contributed by atoms with van der Waals surface area (Å²) in [5.74, 6) is -4.79. The highest BCUT2D eigenvalue weighted by atomic mass is 32.2. The Balaban J connectivity index is 3.04. The summed E-state index contributed by atoms with van der Waals surface area (Å²) in [7, 11) is 0. The van der Waals surface area contributed by atoms with Crippen molar-refractivity contribution in [2.75, 3.05) is 18.6 Å². The highest BCUT2D eigenvalue weighted by Gasteiger charge is 2.31. The normalized spacial score (nSPS) is 13.7. The number of nitrogens with one attached hydrogen (secondary N) is 3. The monoisotopic (exact) mass is 567 g/mol. The van der Waals surface area contributed by atoms with Gasteiger partial charge in [-0.1, -0.05) is 30.3 Å². The number of aliphatic imine (C=N–C) groups is 1. The largest absolute Gasteiger partial charge is 0.481 e. The number of guanidine groups is 1. The number of carbonyl (C=O) groups excluding carboxylic acids is 3. The maximum Gasteiger partial charge on any atom is 0.326 e. The second-order valence-electron chi connectivity index (χ2n) is 8.65. The van der Waals surface area contributed by atoms with E-state index in [1.807, 2.05) is 0 Å². The van der Waals surface area contributed by atoms with Crippen LogP contribution in [0, 0.1) is 0 Å². The number of hydrogen-bond donors (Lipinski definition) is 8. The number of carboxylic acid groups (broad SMARTS) is 2. The predicted octanol–water partition coefficient (Wildman–Crippen LogP) is -1.62. The van der Waals surface area contributed by atoms with Crippen LogP contribution in [0.15, 0.2) is 35.3 Å². The quantitative estimate of drug-likeness (QED) is 0.0568. The molecule has 14 nitrogen and oxygen atoms in total. The maximum atomic E-state index is 13.2. The van der Waals surface area contributed by atoms with E-state index >= 15 is 0 Å². The molecule has 0 bridgehead atoms. The molecule has 4 atom stereocenters. The molecule has 1 aromatic rings. The SMILES string of the molecule is CSCCC(NC(=O)C(CC(=O)O)NC(=O)C(Cc1ccccc1)NC(=O)C(N)CCCN=C(N)N)C(=O)O. The van der Waals surface area contributed by atoms with Crippen LogP contribution < -0.4 is 33.2 Å². The van der Waals surface area contributed by atoms with Crippen LogP contribution in [0.2, 0.25) is 0 Å². The number of nitrogens with two attached hydrogens (primary N) is 3. The van der Waals surface area contributed by atoms with Crippen LogP contribution >= 0.6 is 11.8 Å². The highest BCUT2D eigenvalue weighted by Crippen LogP contribution is 2.07. The molecule has 216 valence electrons. The second kappa shape index (κ2) is 17.6. The van der Waals surface area contributed by atoms with Crippen LogP contribution in [-0.4, -0.2) is 88.6 Å². The van der Waals surface area contributed by atoms with E-state index in [4.69, 9.17) is 17.2 Å². The summed E-state index contributed by atoms with van der Waals surface area (Å²) in [6, 6.07) is 3.65. The molecule has 11 N–H and O–H groups in total. The molecule has 0 saturated carbocycles. The summed E-state index contributed by atoms with van der Waals surface area (Å²) in [6.07, 6.45) is 1.72. The maximum absolute atomic E-state index is 13.2. The van der Waals surface area contributed by atoms with Crippen molar-refractivity contribution in [3.8, 4) is 0 Å². The van der Waals surface area contributed by atoms with Crippen molar-refractivity contribution in [3.63, 3.8) is 0 Å². The van der Waals surface area contributed by atoms with E-state index in [2.05, 4.69) is 20.9 Å². The minimum atomic E-state index is -1.59. The van der Waals surface area contributed by atoms with E-state index in [1.165, 1.54) is 11.8 Å². The number of aliphatic carboxylic acids is 2. The molecule has 1 aromatic carbocycles. The average molecular weight is 568 g/mol. The fraction of sp³-hybridized carbons (Fsp3) is 0.500. The minimum absolute atomic E-state index is 0.0199. The zero-order chi connectivity index (χ0) is 29.4. The lowest BCUT2D eigenvalue weighted by atomic mass is 10.0. The third kappa shape index (κ3) is 13.5. The molecular weight excluding hydrogens is 530 g/mol. The number of benzene rings is 1. The highest BCUT2D eigenvalue weighted by molar-refractivity contribution is 7.98. The Morgan fingerprint density at radius 1 is 0.897 bits per heavy atom. The van der Waals surface area contributed by atoms with E-state index in [9.17, 15) is 34.2 Å². The van der Waals surface area contributed by atoms with Crippen LogP contribution in [0.5, 0.6) is 0 Å². The topological polar surface area (TPSA) is 252 Å². The summed E-state index contributed by atoms with van der Waals surface area (Å²) in [4.78, 5) is 65.5. The van der Waals surface area contributed by atoms with Gasteiger partial charge in [-0.05, 0) is 36.8 Å². The molecule has 0 aliphatic carbocycles. The van der Waals surface area contributed by atoms with Crippen molar-refractivity contribution in [1.82, 2.24) is 16.0 Å². The molecule has 0 aliphatic heterocycles. The number of nitrogens with zero attached hydrogens (tertiary/aromatic N) is 1. The van der Waals surface area contributed by atoms with Gasteiger partial charge < -0.3 is 43.4 Å². The van der Waals surface area contributed by atoms with Crippen LogP contribution in [0.4, 0.5) is 0 Å². The summed E-state index contributed by atoms with van der Waals surface area (Å²) >= 11 is 1.38. The van der Waals surface area contributed by atoms with Crippen molar-refractivity contribution in [2.45, 2.75) is 56.3 Å². The first kappa shape index (κ1) is 33.2. The minimum Gasteiger partial charge on any atom is -0.481 e. The molecule has 1 rings (SSSR count). The lowest BCUT2D eigenvalue weighted by molar-refractivity contribution is -0.143. The Morgan fingerprint density at radius 3 is 2.05 bits per heavy atom. The Bertz CT molecular complexity index is 1010. The Labute approximate surface area is 230 Å². The molecule has 0 spiro atoms. The lowest BCUT2D eigenvalue weighted by Gasteiger charge is -2.24. The Hall–Kier alpha value is -3.85. The van der Waals surface area contributed by atoms with Gasteiger partial charge in [0.1, 0.15) is 18.1 Å². The fourth-order valence-electron chi connectivity index (χ4n) is 3.41. The van der Waals surface area contributed by atoms with Gasteiger partial charge >= 0.3 is 11.9 Å². The van der Waals surface area contributed by atoms with E-state index in [0.29, 0.717) is 17.7 Å². The van der Waals surface area contributed by atoms with Crippen LogP contribution in [0.1, 0.15) is 31.2 Å². The molecule has 0 heterocycles. The van der Waals surface area contributed by atoms with E-state index in [0.717, 1.165) is 0 Å². The van der Waals surface area contributed by atoms with Gasteiger partial charge in [0.25, 0.3) is 0 Å². The number of carbonyl (C=O) groups is 5. The molecule has 0 radical (unpaired) electrons. The van der Waals surface area contributed by atoms with Crippen LogP contribution in [-0.2, 0) is 30.4 Å². The number of hydrogen-bond acceptors (Lipinski definition) is 8. The molecule has 0 fully saturated rings. The number of thioether (sulfide) groups is 1. The van der Waals surface area contributed by atoms with Crippen molar-refractivity contribution in [1.29, 1.82) is 0 Å². The van der Waals surface area contributed by atoms with Crippen LogP contribution in [0.3, 0.4) is 0 Å². The first-order chi connectivity index (χ1) is 18.4. The summed E-state index contributed by atoms with van der Waals surface area (Å²) in [6.45, 7) is 0.261. The van der Waals surface area contributed by atoms with Crippen molar-refractivity contribution >= 4 is 47.4 Å². The summed E-state index contributed by atoms with van der Waals surface area (Å²) in [5.41, 5.74) is 17.2. The Kier molecular flexibility index (Phi) is 15.0. The first-order valence-electron chi connectivity index (χ1n) is 12.1. The third-order valence-corrected chi connectivity index (χ3v) is 6.10. The molecule has 3 amide bonds. The van der Waals surface area contributed by atoms with E-state index in [1.54, 1.807) is 36.6 Å². The van der Waals surface area contributed by atoms with Gasteiger partial charge in [-0.25, -0.2) is 4.79 Å². The first-order valence-corrected chi connectivity index (χ1v) is 13.5. The van der Waals surface area contributed by atoms with E-state index < -0.39 is 60.2 Å². The zero-order valence-corrected chi connectivity index (χ0v) is 22.5. The molecule has 39 heavy (non-hydrogen) atoms. The molecule has 0 aliphatic rings. The van der Waals surface area contributed by atoms with Gasteiger partial charge in [0, 0.05) is 13.0 Å². The average Bonchev–Trinajstić information content (AvgIpc) is 2.87. The third-order valence-electron chi connectivity index (χ3n) is 5.46. The molecule has 0 saturated heterocycles. The number of carboxylic acids is 2. The van der Waals surface area contributed by atoms with Crippen molar-refractivity contribution in [3.05, 3.63) is 35.9 Å². The molecule has 0 aromatic heterocycles. The second-order valence-corrected chi connectivity index (χ2v) is 9.63. The smallest absolute Gasteiger partial charge is 0.326 e. The lowest BCUT2D eigenvalue weighted by Crippen LogP contribution is -2.58. The molecule has 15 heteroatoms. The molecule has 4 unspecified atom stereocenters. The number of rotatable bonds is 18.